The van der Waals surface area contributed by atoms with Crippen LogP contribution >= 0.6 is 0 Å². The van der Waals surface area contributed by atoms with Crippen molar-refractivity contribution in [3.05, 3.63) is 35.5 Å². The Morgan fingerprint density at radius 2 is 1.87 bits per heavy atom. The molecule has 0 spiro atoms. The lowest BCUT2D eigenvalue weighted by Gasteiger charge is -2.24. The molecule has 0 heteroatoms. The lowest BCUT2D eigenvalue weighted by molar-refractivity contribution is 0.310. The van der Waals surface area contributed by atoms with Gasteiger partial charge in [0.15, 0.2) is 0 Å². The van der Waals surface area contributed by atoms with Crippen LogP contribution in [0.4, 0.5) is 0 Å². The topological polar surface area (TPSA) is 0 Å². The van der Waals surface area contributed by atoms with Crippen LogP contribution in [0.1, 0.15) is 53.4 Å². The first kappa shape index (κ1) is 12.3. The fourth-order valence-corrected chi connectivity index (χ4v) is 1.87. The Bertz CT molecular complexity index is 287. The van der Waals surface area contributed by atoms with E-state index in [0.29, 0.717) is 5.41 Å². The van der Waals surface area contributed by atoms with Gasteiger partial charge in [-0.05, 0) is 44.9 Å². The van der Waals surface area contributed by atoms with E-state index in [2.05, 4.69) is 52.0 Å². The quantitative estimate of drug-likeness (QED) is 0.519. The van der Waals surface area contributed by atoms with Crippen LogP contribution in [0.2, 0.25) is 0 Å². The highest BCUT2D eigenvalue weighted by Crippen LogP contribution is 2.30. The molecule has 0 amide bonds. The van der Waals surface area contributed by atoms with E-state index in [0.717, 1.165) is 0 Å². The van der Waals surface area contributed by atoms with Crippen LogP contribution < -0.4 is 0 Å². The van der Waals surface area contributed by atoms with Crippen molar-refractivity contribution in [3.63, 3.8) is 0 Å². The van der Waals surface area contributed by atoms with Crippen molar-refractivity contribution in [3.8, 4) is 0 Å². The summed E-state index contributed by atoms with van der Waals surface area (Å²) in [4.78, 5) is 0. The fraction of sp³-hybridized carbons (Fsp3) is 0.600. The fourth-order valence-electron chi connectivity index (χ4n) is 1.87. The molecule has 0 saturated carbocycles. The Kier molecular flexibility index (Phi) is 4.38. The third-order valence-corrected chi connectivity index (χ3v) is 3.22. The molecule has 0 radical (unpaired) electrons. The minimum Gasteiger partial charge on any atom is -0.0816 e. The van der Waals surface area contributed by atoms with Gasteiger partial charge in [-0.25, -0.2) is 0 Å². The molecule has 0 nitrogen and oxygen atoms in total. The second-order valence-electron chi connectivity index (χ2n) is 5.52. The first-order chi connectivity index (χ1) is 6.99. The highest BCUT2D eigenvalue weighted by atomic mass is 14.2. The molecule has 0 heterocycles. The van der Waals surface area contributed by atoms with Crippen LogP contribution in [-0.4, -0.2) is 0 Å². The zero-order chi connectivity index (χ0) is 11.3. The van der Waals surface area contributed by atoms with Gasteiger partial charge in [0.25, 0.3) is 0 Å². The summed E-state index contributed by atoms with van der Waals surface area (Å²) < 4.78 is 0. The molecule has 15 heavy (non-hydrogen) atoms. The van der Waals surface area contributed by atoms with Crippen molar-refractivity contribution in [1.82, 2.24) is 0 Å². The molecule has 0 aromatic carbocycles. The smallest absolute Gasteiger partial charge is 0.0315 e. The van der Waals surface area contributed by atoms with Crippen molar-refractivity contribution in [2.24, 2.45) is 5.41 Å². The highest BCUT2D eigenvalue weighted by molar-refractivity contribution is 5.22. The second kappa shape index (κ2) is 5.34. The Hall–Kier alpha value is -0.780. The monoisotopic (exact) mass is 204 g/mol. The Morgan fingerprint density at radius 1 is 1.13 bits per heavy atom. The van der Waals surface area contributed by atoms with Gasteiger partial charge < -0.3 is 0 Å². The molecule has 1 aliphatic rings. The van der Waals surface area contributed by atoms with E-state index in [-0.39, 0.29) is 0 Å². The van der Waals surface area contributed by atoms with Gasteiger partial charge in [0.1, 0.15) is 0 Å². The number of hydrogen-bond acceptors (Lipinski definition) is 0. The molecule has 0 fully saturated rings. The zero-order valence-electron chi connectivity index (χ0n) is 10.6. The van der Waals surface area contributed by atoms with Crippen LogP contribution in [0.5, 0.6) is 0 Å². The Labute approximate surface area is 94.8 Å². The average molecular weight is 204 g/mol. The van der Waals surface area contributed by atoms with Crippen molar-refractivity contribution in [1.29, 1.82) is 0 Å². The van der Waals surface area contributed by atoms with Gasteiger partial charge in [-0.3, -0.25) is 0 Å². The van der Waals surface area contributed by atoms with Crippen LogP contribution in [0.25, 0.3) is 0 Å². The summed E-state index contributed by atoms with van der Waals surface area (Å²) in [5.74, 6) is 0. The maximum atomic E-state index is 2.38. The van der Waals surface area contributed by atoms with E-state index in [1.54, 1.807) is 0 Å². The molecule has 1 aliphatic carbocycles. The van der Waals surface area contributed by atoms with E-state index in [1.165, 1.54) is 36.8 Å². The van der Waals surface area contributed by atoms with Gasteiger partial charge in [0.2, 0.25) is 0 Å². The van der Waals surface area contributed by atoms with Gasteiger partial charge in [0.05, 0.1) is 0 Å². The highest BCUT2D eigenvalue weighted by Gasteiger charge is 2.16. The van der Waals surface area contributed by atoms with Gasteiger partial charge in [-0.1, -0.05) is 49.3 Å². The lowest BCUT2D eigenvalue weighted by atomic mass is 9.82. The Balaban J connectivity index is 2.77. The summed E-state index contributed by atoms with van der Waals surface area (Å²) in [6.45, 7) is 9.19. The molecule has 84 valence electrons. The summed E-state index contributed by atoms with van der Waals surface area (Å²) in [5, 5.41) is 0. The summed E-state index contributed by atoms with van der Waals surface area (Å²) in [5.41, 5.74) is 3.36. The summed E-state index contributed by atoms with van der Waals surface area (Å²) in [7, 11) is 0. The number of hydrogen-bond donors (Lipinski definition) is 0. The molecule has 0 aromatic heterocycles. The van der Waals surface area contributed by atoms with Crippen molar-refractivity contribution < 1.29 is 0 Å². The van der Waals surface area contributed by atoms with Crippen LogP contribution in [-0.2, 0) is 0 Å². The minimum atomic E-state index is 0.482. The first-order valence-corrected chi connectivity index (χ1v) is 6.00. The Morgan fingerprint density at radius 3 is 2.60 bits per heavy atom. The molecular weight excluding hydrogens is 180 g/mol. The molecular formula is C15H24. The first-order valence-electron chi connectivity index (χ1n) is 6.00. The SMILES string of the molecule is CC1=C/CCC(C)(C)CC\C(C)=C/C=C\1. The maximum absolute atomic E-state index is 2.38. The molecule has 0 aromatic rings. The van der Waals surface area contributed by atoms with E-state index < -0.39 is 0 Å². The minimum absolute atomic E-state index is 0.482. The average Bonchev–Trinajstić information content (AvgIpc) is 2.15. The van der Waals surface area contributed by atoms with Crippen LogP contribution in [0.3, 0.4) is 0 Å². The van der Waals surface area contributed by atoms with Crippen molar-refractivity contribution in [2.75, 3.05) is 0 Å². The van der Waals surface area contributed by atoms with Crippen molar-refractivity contribution in [2.45, 2.75) is 53.4 Å². The molecule has 0 atom stereocenters. The molecule has 0 N–H and O–H groups in total. The predicted octanol–water partition coefficient (Wildman–Crippen LogP) is 5.04. The number of rotatable bonds is 0. The molecule has 0 unspecified atom stereocenters. The molecule has 1 rings (SSSR count). The molecule has 0 aliphatic heterocycles. The van der Waals surface area contributed by atoms with Gasteiger partial charge >= 0.3 is 0 Å². The van der Waals surface area contributed by atoms with Crippen LogP contribution in [0.15, 0.2) is 35.5 Å². The second-order valence-corrected chi connectivity index (χ2v) is 5.52. The van der Waals surface area contributed by atoms with Crippen LogP contribution in [0, 0.1) is 5.41 Å². The largest absolute Gasteiger partial charge is 0.0816 e. The summed E-state index contributed by atoms with van der Waals surface area (Å²) >= 11 is 0. The molecule has 0 bridgehead atoms. The van der Waals surface area contributed by atoms with E-state index in [4.69, 9.17) is 0 Å². The van der Waals surface area contributed by atoms with E-state index >= 15 is 0 Å². The van der Waals surface area contributed by atoms with Gasteiger partial charge in [-0.15, -0.1) is 0 Å². The maximum Gasteiger partial charge on any atom is -0.0315 e. The van der Waals surface area contributed by atoms with Gasteiger partial charge in [-0.2, -0.15) is 0 Å². The summed E-state index contributed by atoms with van der Waals surface area (Å²) in [6, 6.07) is 0. The standard InChI is InChI=1S/C15H24/c1-13-7-5-8-14(2)10-12-15(3,4)11-6-9-13/h5,7-9H,6,10-12H2,1-4H3/b7-5-,13-9-,14-8-. The zero-order valence-corrected chi connectivity index (χ0v) is 10.6. The normalized spacial score (nSPS) is 31.7. The van der Waals surface area contributed by atoms with E-state index in [1.807, 2.05) is 0 Å². The third-order valence-electron chi connectivity index (χ3n) is 3.22. The summed E-state index contributed by atoms with van der Waals surface area (Å²) in [6.07, 6.45) is 14.0. The predicted molar refractivity (Wildman–Crippen MR) is 68.9 cm³/mol. The lowest BCUT2D eigenvalue weighted by Crippen LogP contribution is -2.10. The number of allylic oxidation sites excluding steroid dienone is 6. The van der Waals surface area contributed by atoms with Crippen molar-refractivity contribution >= 4 is 0 Å². The molecule has 0 saturated heterocycles. The van der Waals surface area contributed by atoms with Gasteiger partial charge in [0, 0.05) is 0 Å². The third kappa shape index (κ3) is 5.01. The van der Waals surface area contributed by atoms with E-state index in [9.17, 15) is 0 Å².